The lowest BCUT2D eigenvalue weighted by atomic mass is 9.83. The zero-order valence-corrected chi connectivity index (χ0v) is 19.5. The van der Waals surface area contributed by atoms with Gasteiger partial charge < -0.3 is 24.8 Å². The van der Waals surface area contributed by atoms with Crippen LogP contribution in [0.5, 0.6) is 5.75 Å². The van der Waals surface area contributed by atoms with Gasteiger partial charge in [0.25, 0.3) is 0 Å². The van der Waals surface area contributed by atoms with Crippen molar-refractivity contribution in [3.05, 3.63) is 30.1 Å². The van der Waals surface area contributed by atoms with Crippen molar-refractivity contribution in [2.75, 3.05) is 7.11 Å². The van der Waals surface area contributed by atoms with E-state index >= 15 is 0 Å². The van der Waals surface area contributed by atoms with Crippen molar-refractivity contribution in [2.45, 2.75) is 95.5 Å². The molecule has 0 saturated heterocycles. The van der Waals surface area contributed by atoms with Crippen molar-refractivity contribution in [1.29, 1.82) is 0 Å². The normalized spacial score (nSPS) is 24.3. The number of carbonyl (C=O) groups is 1. The Hall–Kier alpha value is -1.70. The van der Waals surface area contributed by atoms with Crippen LogP contribution in [-0.4, -0.2) is 52.3 Å². The van der Waals surface area contributed by atoms with Crippen LogP contribution >= 0.6 is 0 Å². The monoisotopic (exact) mass is 454 g/mol. The standard InChI is InChI=1S/C25H39FO6/c1-25(2,32-22-12-9-8-11-19(22)26)23(29)15-14-18-17(20(27)16-21(18)28)10-6-4-5-7-13-24(30)31-3/h8-9,11-12,17-18,20-21,23,27-29H,4-7,10,13-16H2,1-3H3. The molecule has 0 heterocycles. The Morgan fingerprint density at radius 1 is 1.09 bits per heavy atom. The fourth-order valence-electron chi connectivity index (χ4n) is 4.66. The quantitative estimate of drug-likeness (QED) is 0.308. The van der Waals surface area contributed by atoms with Crippen molar-refractivity contribution in [2.24, 2.45) is 11.8 Å². The topological polar surface area (TPSA) is 96.2 Å². The lowest BCUT2D eigenvalue weighted by molar-refractivity contribution is -0.140. The second-order valence-corrected chi connectivity index (χ2v) is 9.46. The van der Waals surface area contributed by atoms with Gasteiger partial charge in [-0.05, 0) is 69.9 Å². The summed E-state index contributed by atoms with van der Waals surface area (Å²) in [6, 6.07) is 6.10. The molecule has 1 aliphatic carbocycles. The molecule has 0 aromatic heterocycles. The van der Waals surface area contributed by atoms with Crippen molar-refractivity contribution < 1.29 is 34.0 Å². The third-order valence-corrected chi connectivity index (χ3v) is 6.70. The molecule has 0 spiro atoms. The number of methoxy groups -OCH3 is 1. The lowest BCUT2D eigenvalue weighted by Crippen LogP contribution is -2.42. The van der Waals surface area contributed by atoms with Gasteiger partial charge in [0.15, 0.2) is 11.6 Å². The van der Waals surface area contributed by atoms with Gasteiger partial charge in [-0.3, -0.25) is 4.79 Å². The number of halogens is 1. The summed E-state index contributed by atoms with van der Waals surface area (Å²) in [6.45, 7) is 3.44. The third kappa shape index (κ3) is 7.71. The van der Waals surface area contributed by atoms with Crippen molar-refractivity contribution in [3.63, 3.8) is 0 Å². The number of aliphatic hydroxyl groups excluding tert-OH is 3. The lowest BCUT2D eigenvalue weighted by Gasteiger charge is -2.33. The Balaban J connectivity index is 1.82. The molecule has 1 aliphatic rings. The number of ether oxygens (including phenoxy) is 2. The highest BCUT2D eigenvalue weighted by Crippen LogP contribution is 2.40. The van der Waals surface area contributed by atoms with E-state index in [4.69, 9.17) is 4.74 Å². The average Bonchev–Trinajstić information content (AvgIpc) is 3.02. The number of rotatable bonds is 13. The Bertz CT molecular complexity index is 709. The largest absolute Gasteiger partial charge is 0.482 e. The van der Waals surface area contributed by atoms with Gasteiger partial charge in [-0.15, -0.1) is 0 Å². The predicted molar refractivity (Wildman–Crippen MR) is 120 cm³/mol. The molecule has 0 bridgehead atoms. The Morgan fingerprint density at radius 2 is 1.72 bits per heavy atom. The molecule has 1 fully saturated rings. The first-order valence-corrected chi connectivity index (χ1v) is 11.7. The number of unbranched alkanes of at least 4 members (excludes halogenated alkanes) is 3. The van der Waals surface area contributed by atoms with Crippen molar-refractivity contribution >= 4 is 5.97 Å². The van der Waals surface area contributed by atoms with Gasteiger partial charge >= 0.3 is 5.97 Å². The maximum absolute atomic E-state index is 13.9. The average molecular weight is 455 g/mol. The summed E-state index contributed by atoms with van der Waals surface area (Å²) in [6.07, 6.45) is 4.07. The number of para-hydroxylation sites is 1. The van der Waals surface area contributed by atoms with Crippen molar-refractivity contribution in [1.82, 2.24) is 0 Å². The Labute approximate surface area is 190 Å². The molecule has 1 aromatic carbocycles. The third-order valence-electron chi connectivity index (χ3n) is 6.70. The minimum absolute atomic E-state index is 0.0200. The summed E-state index contributed by atoms with van der Waals surface area (Å²) < 4.78 is 24.3. The van der Waals surface area contributed by atoms with Gasteiger partial charge in [0.1, 0.15) is 5.60 Å². The number of esters is 1. The van der Waals surface area contributed by atoms with E-state index < -0.39 is 29.7 Å². The second-order valence-electron chi connectivity index (χ2n) is 9.46. The summed E-state index contributed by atoms with van der Waals surface area (Å²) in [4.78, 5) is 11.2. The van der Waals surface area contributed by atoms with Gasteiger partial charge in [-0.2, -0.15) is 0 Å². The molecule has 1 aromatic rings. The first kappa shape index (κ1) is 26.6. The number of benzene rings is 1. The summed E-state index contributed by atoms with van der Waals surface area (Å²) in [5.74, 6) is -0.695. The van der Waals surface area contributed by atoms with Crippen LogP contribution in [0.3, 0.4) is 0 Å². The minimum Gasteiger partial charge on any atom is -0.482 e. The number of hydrogen-bond donors (Lipinski definition) is 3. The summed E-state index contributed by atoms with van der Waals surface area (Å²) in [5, 5.41) is 31.6. The van der Waals surface area contributed by atoms with E-state index in [9.17, 15) is 24.5 Å². The molecule has 6 nitrogen and oxygen atoms in total. The van der Waals surface area contributed by atoms with E-state index in [1.54, 1.807) is 26.0 Å². The van der Waals surface area contributed by atoms with E-state index in [0.717, 1.165) is 32.1 Å². The first-order chi connectivity index (χ1) is 15.2. The van der Waals surface area contributed by atoms with Crippen molar-refractivity contribution in [3.8, 4) is 5.75 Å². The van der Waals surface area contributed by atoms with E-state index in [1.807, 2.05) is 0 Å². The highest BCUT2D eigenvalue weighted by molar-refractivity contribution is 5.68. The molecule has 2 rings (SSSR count). The van der Waals surface area contributed by atoms with Crippen LogP contribution in [0.15, 0.2) is 24.3 Å². The van der Waals surface area contributed by atoms with Crippen LogP contribution in [0.4, 0.5) is 4.39 Å². The summed E-state index contributed by atoms with van der Waals surface area (Å²) in [5.41, 5.74) is -1.00. The number of aliphatic hydroxyl groups is 3. The van der Waals surface area contributed by atoms with Gasteiger partial charge in [-0.25, -0.2) is 4.39 Å². The number of carbonyl (C=O) groups excluding carboxylic acids is 1. The van der Waals surface area contributed by atoms with E-state index in [-0.39, 0.29) is 23.6 Å². The second kappa shape index (κ2) is 12.5. The molecular formula is C25H39FO6. The van der Waals surface area contributed by atoms with E-state index in [2.05, 4.69) is 4.74 Å². The molecule has 182 valence electrons. The van der Waals surface area contributed by atoms with Crippen LogP contribution in [-0.2, 0) is 9.53 Å². The van der Waals surface area contributed by atoms with Crippen LogP contribution in [0, 0.1) is 17.7 Å². The summed E-state index contributed by atoms with van der Waals surface area (Å²) in [7, 11) is 1.39. The van der Waals surface area contributed by atoms with Crippen LogP contribution in [0.1, 0.15) is 71.6 Å². The molecule has 0 amide bonds. The molecule has 3 N–H and O–H groups in total. The SMILES string of the molecule is COC(=O)CCCCCCC1C(O)CC(O)C1CCC(O)C(C)(C)Oc1ccccc1F. The van der Waals surface area contributed by atoms with Crippen LogP contribution < -0.4 is 4.74 Å². The fraction of sp³-hybridized carbons (Fsp3) is 0.720. The van der Waals surface area contributed by atoms with E-state index in [1.165, 1.54) is 19.2 Å². The molecule has 5 atom stereocenters. The van der Waals surface area contributed by atoms with Crippen LogP contribution in [0.2, 0.25) is 0 Å². The minimum atomic E-state index is -1.00. The molecule has 7 heteroatoms. The molecule has 0 aliphatic heterocycles. The van der Waals surface area contributed by atoms with Gasteiger partial charge in [0, 0.05) is 6.42 Å². The zero-order chi connectivity index (χ0) is 23.7. The number of hydrogen-bond acceptors (Lipinski definition) is 6. The van der Waals surface area contributed by atoms with Gasteiger partial charge in [-0.1, -0.05) is 31.4 Å². The summed E-state index contributed by atoms with van der Waals surface area (Å²) >= 11 is 0. The molecule has 0 radical (unpaired) electrons. The predicted octanol–water partition coefficient (Wildman–Crippen LogP) is 4.00. The molecule has 32 heavy (non-hydrogen) atoms. The maximum atomic E-state index is 13.9. The Kier molecular flexibility index (Phi) is 10.4. The maximum Gasteiger partial charge on any atom is 0.305 e. The Morgan fingerprint density at radius 3 is 2.38 bits per heavy atom. The fourth-order valence-corrected chi connectivity index (χ4v) is 4.66. The van der Waals surface area contributed by atoms with Gasteiger partial charge in [0.05, 0.1) is 25.4 Å². The first-order valence-electron chi connectivity index (χ1n) is 11.7. The molecular weight excluding hydrogens is 415 g/mol. The zero-order valence-electron chi connectivity index (χ0n) is 19.5. The smallest absolute Gasteiger partial charge is 0.305 e. The highest BCUT2D eigenvalue weighted by atomic mass is 19.1. The van der Waals surface area contributed by atoms with Crippen LogP contribution in [0.25, 0.3) is 0 Å². The van der Waals surface area contributed by atoms with Gasteiger partial charge in [0.2, 0.25) is 0 Å². The highest BCUT2D eigenvalue weighted by Gasteiger charge is 2.42. The van der Waals surface area contributed by atoms with E-state index in [0.29, 0.717) is 25.7 Å². The molecule has 5 unspecified atom stereocenters. The molecule has 1 saturated carbocycles.